The van der Waals surface area contributed by atoms with Crippen molar-refractivity contribution in [2.45, 2.75) is 39.0 Å². The highest BCUT2D eigenvalue weighted by molar-refractivity contribution is 7.99. The number of carbonyl (C=O) groups is 1. The van der Waals surface area contributed by atoms with Gasteiger partial charge in [0.05, 0.1) is 16.4 Å². The highest BCUT2D eigenvalue weighted by Crippen LogP contribution is 2.32. The zero-order valence-electron chi connectivity index (χ0n) is 12.3. The number of thioether (sulfide) groups is 1. The summed E-state index contributed by atoms with van der Waals surface area (Å²) >= 11 is 13.8. The molecule has 1 aromatic rings. The van der Waals surface area contributed by atoms with Crippen molar-refractivity contribution in [3.63, 3.8) is 0 Å². The second-order valence-corrected chi connectivity index (χ2v) is 6.89. The van der Waals surface area contributed by atoms with Gasteiger partial charge < -0.3 is 11.1 Å². The summed E-state index contributed by atoms with van der Waals surface area (Å²) < 4.78 is 0. The largest absolute Gasteiger partial charge is 0.397 e. The first kappa shape index (κ1) is 18.5. The Morgan fingerprint density at radius 3 is 2.62 bits per heavy atom. The number of nitrogen functional groups attached to an aromatic ring is 1. The van der Waals surface area contributed by atoms with Crippen molar-refractivity contribution in [1.29, 1.82) is 0 Å². The number of nitrogens with two attached hydrogens (primary N) is 1. The maximum Gasteiger partial charge on any atom is 0.224 e. The Balaban J connectivity index is 2.28. The minimum absolute atomic E-state index is 0.0694. The quantitative estimate of drug-likeness (QED) is 0.475. The van der Waals surface area contributed by atoms with Crippen LogP contribution in [0.2, 0.25) is 10.0 Å². The van der Waals surface area contributed by atoms with Gasteiger partial charge >= 0.3 is 0 Å². The van der Waals surface area contributed by atoms with E-state index >= 15 is 0 Å². The topological polar surface area (TPSA) is 55.1 Å². The van der Waals surface area contributed by atoms with Gasteiger partial charge in [0, 0.05) is 11.4 Å². The molecular weight excluding hydrogens is 327 g/mol. The fraction of sp³-hybridized carbons (Fsp3) is 0.533. The lowest BCUT2D eigenvalue weighted by Crippen LogP contribution is -2.13. The molecule has 0 bridgehead atoms. The van der Waals surface area contributed by atoms with Crippen molar-refractivity contribution in [3.05, 3.63) is 22.2 Å². The molecule has 0 aliphatic heterocycles. The van der Waals surface area contributed by atoms with Crippen molar-refractivity contribution in [2.75, 3.05) is 22.6 Å². The molecular formula is C15H22Cl2N2OS. The molecule has 1 aromatic carbocycles. The standard InChI is InChI=1S/C15H22Cl2N2OS/c1-2-3-4-7-21-8-5-6-14(20)19-15-12(17)9-11(16)10-13(15)18/h9-10H,2-8,18H2,1H3,(H,19,20). The highest BCUT2D eigenvalue weighted by Gasteiger charge is 2.10. The molecule has 118 valence electrons. The zero-order chi connectivity index (χ0) is 15.7. The lowest BCUT2D eigenvalue weighted by atomic mass is 10.2. The molecule has 3 N–H and O–H groups in total. The summed E-state index contributed by atoms with van der Waals surface area (Å²) in [4.78, 5) is 11.9. The Labute approximate surface area is 140 Å². The van der Waals surface area contributed by atoms with E-state index in [1.807, 2.05) is 11.8 Å². The van der Waals surface area contributed by atoms with Crippen LogP contribution in [0.15, 0.2) is 12.1 Å². The molecule has 0 aromatic heterocycles. The number of anilines is 2. The molecule has 3 nitrogen and oxygen atoms in total. The number of hydrogen-bond donors (Lipinski definition) is 2. The fourth-order valence-electron chi connectivity index (χ4n) is 1.82. The van der Waals surface area contributed by atoms with E-state index in [4.69, 9.17) is 28.9 Å². The Morgan fingerprint density at radius 1 is 1.24 bits per heavy atom. The van der Waals surface area contributed by atoms with Gasteiger partial charge in [0.2, 0.25) is 5.91 Å². The summed E-state index contributed by atoms with van der Waals surface area (Å²) in [5, 5.41) is 3.57. The number of carbonyl (C=O) groups excluding carboxylic acids is 1. The van der Waals surface area contributed by atoms with Crippen molar-refractivity contribution < 1.29 is 4.79 Å². The monoisotopic (exact) mass is 348 g/mol. The molecule has 0 spiro atoms. The maximum atomic E-state index is 11.9. The highest BCUT2D eigenvalue weighted by atomic mass is 35.5. The van der Waals surface area contributed by atoms with Gasteiger partial charge in [-0.25, -0.2) is 0 Å². The third kappa shape index (κ3) is 7.30. The zero-order valence-corrected chi connectivity index (χ0v) is 14.6. The average molecular weight is 349 g/mol. The second kappa shape index (κ2) is 10.2. The van der Waals surface area contributed by atoms with Crippen LogP contribution in [0.1, 0.15) is 39.0 Å². The Kier molecular flexibility index (Phi) is 8.97. The SMILES string of the molecule is CCCCCSCCCC(=O)Nc1c(N)cc(Cl)cc1Cl. The number of nitrogens with one attached hydrogen (secondary N) is 1. The number of benzene rings is 1. The van der Waals surface area contributed by atoms with Crippen LogP contribution in [-0.2, 0) is 4.79 Å². The number of unbranched alkanes of at least 4 members (excludes halogenated alkanes) is 2. The van der Waals surface area contributed by atoms with E-state index in [0.717, 1.165) is 12.2 Å². The molecule has 0 radical (unpaired) electrons. The average Bonchev–Trinajstić information content (AvgIpc) is 2.42. The van der Waals surface area contributed by atoms with Gasteiger partial charge in [-0.15, -0.1) is 0 Å². The predicted octanol–water partition coefficient (Wildman–Crippen LogP) is 5.22. The summed E-state index contributed by atoms with van der Waals surface area (Å²) in [7, 11) is 0. The molecule has 0 saturated carbocycles. The summed E-state index contributed by atoms with van der Waals surface area (Å²) in [6.07, 6.45) is 5.10. The molecule has 0 atom stereocenters. The van der Waals surface area contributed by atoms with Crippen LogP contribution in [0.4, 0.5) is 11.4 Å². The first-order chi connectivity index (χ1) is 10.0. The number of hydrogen-bond acceptors (Lipinski definition) is 3. The third-order valence-corrected chi connectivity index (χ3v) is 4.61. The molecule has 0 fully saturated rings. The van der Waals surface area contributed by atoms with Gasteiger partial charge in [-0.3, -0.25) is 4.79 Å². The minimum Gasteiger partial charge on any atom is -0.397 e. The maximum absolute atomic E-state index is 11.9. The summed E-state index contributed by atoms with van der Waals surface area (Å²) in [6, 6.07) is 3.14. The van der Waals surface area contributed by atoms with Gasteiger partial charge in [0.15, 0.2) is 0 Å². The van der Waals surface area contributed by atoms with Gasteiger partial charge in [0.25, 0.3) is 0 Å². The van der Waals surface area contributed by atoms with Gasteiger partial charge in [-0.1, -0.05) is 43.0 Å². The van der Waals surface area contributed by atoms with E-state index in [0.29, 0.717) is 27.8 Å². The molecule has 1 amide bonds. The molecule has 0 aliphatic rings. The van der Waals surface area contributed by atoms with Gasteiger partial charge in [-0.05, 0) is 36.5 Å². The van der Waals surface area contributed by atoms with E-state index in [9.17, 15) is 4.79 Å². The normalized spacial score (nSPS) is 10.6. The van der Waals surface area contributed by atoms with Crippen LogP contribution in [0.5, 0.6) is 0 Å². The van der Waals surface area contributed by atoms with Crippen LogP contribution < -0.4 is 11.1 Å². The second-order valence-electron chi connectivity index (χ2n) is 4.82. The van der Waals surface area contributed by atoms with Crippen LogP contribution in [0.25, 0.3) is 0 Å². The Bertz CT molecular complexity index is 446. The van der Waals surface area contributed by atoms with Crippen molar-refractivity contribution >= 4 is 52.2 Å². The molecule has 0 saturated heterocycles. The molecule has 1 rings (SSSR count). The lowest BCUT2D eigenvalue weighted by molar-refractivity contribution is -0.116. The van der Waals surface area contributed by atoms with E-state index in [1.54, 1.807) is 12.1 Å². The minimum atomic E-state index is -0.0694. The molecule has 0 aliphatic carbocycles. The van der Waals surface area contributed by atoms with Crippen molar-refractivity contribution in [3.8, 4) is 0 Å². The van der Waals surface area contributed by atoms with Gasteiger partial charge in [-0.2, -0.15) is 11.8 Å². The lowest BCUT2D eigenvalue weighted by Gasteiger charge is -2.10. The Morgan fingerprint density at radius 2 is 1.95 bits per heavy atom. The third-order valence-electron chi connectivity index (χ3n) is 2.93. The van der Waals surface area contributed by atoms with Gasteiger partial charge in [0.1, 0.15) is 0 Å². The molecule has 0 unspecified atom stereocenters. The summed E-state index contributed by atoms with van der Waals surface area (Å²) in [6.45, 7) is 2.20. The van der Waals surface area contributed by atoms with Crippen molar-refractivity contribution in [1.82, 2.24) is 0 Å². The van der Waals surface area contributed by atoms with Crippen LogP contribution >= 0.6 is 35.0 Å². The number of amides is 1. The molecule has 21 heavy (non-hydrogen) atoms. The van der Waals surface area contributed by atoms with Crippen LogP contribution in [-0.4, -0.2) is 17.4 Å². The number of rotatable bonds is 9. The van der Waals surface area contributed by atoms with E-state index in [1.165, 1.54) is 25.0 Å². The van der Waals surface area contributed by atoms with E-state index < -0.39 is 0 Å². The Hall–Kier alpha value is -0.580. The first-order valence-electron chi connectivity index (χ1n) is 7.16. The van der Waals surface area contributed by atoms with E-state index in [2.05, 4.69) is 12.2 Å². The first-order valence-corrected chi connectivity index (χ1v) is 9.07. The van der Waals surface area contributed by atoms with E-state index in [-0.39, 0.29) is 5.91 Å². The van der Waals surface area contributed by atoms with Crippen LogP contribution in [0.3, 0.4) is 0 Å². The fourth-order valence-corrected chi connectivity index (χ4v) is 3.34. The molecule has 6 heteroatoms. The number of halogens is 2. The molecule has 0 heterocycles. The predicted molar refractivity (Wildman–Crippen MR) is 95.6 cm³/mol. The summed E-state index contributed by atoms with van der Waals surface area (Å²) in [5.41, 5.74) is 6.64. The van der Waals surface area contributed by atoms with Crippen molar-refractivity contribution in [2.24, 2.45) is 0 Å². The summed E-state index contributed by atoms with van der Waals surface area (Å²) in [5.74, 6) is 2.10. The van der Waals surface area contributed by atoms with Crippen LogP contribution in [0, 0.1) is 0 Å². The smallest absolute Gasteiger partial charge is 0.224 e.